The standard InChI is InChI=1S/C21H26ClN5O/c1-14(23-19-13-18(22)25-21(26-19)15-7-8-15)11-20(28)24-16-5-4-6-17(12-16)27-9-2-3-10-27/h4-6,12-15H,2-3,7-11H2,1H3,(H,24,28)(H,23,25,26). The van der Waals surface area contributed by atoms with Crippen LogP contribution in [0.4, 0.5) is 17.2 Å². The molecular formula is C21H26ClN5O. The Kier molecular flexibility index (Phi) is 5.67. The third-order valence-corrected chi connectivity index (χ3v) is 5.34. The highest BCUT2D eigenvalue weighted by molar-refractivity contribution is 6.29. The van der Waals surface area contributed by atoms with Crippen LogP contribution in [0.3, 0.4) is 0 Å². The number of hydrogen-bond donors (Lipinski definition) is 2. The number of hydrogen-bond acceptors (Lipinski definition) is 5. The second kappa shape index (κ2) is 8.35. The molecule has 0 spiro atoms. The average Bonchev–Trinajstić information content (AvgIpc) is 3.35. The lowest BCUT2D eigenvalue weighted by Crippen LogP contribution is -2.24. The number of rotatable bonds is 7. The first-order chi connectivity index (χ1) is 13.6. The smallest absolute Gasteiger partial charge is 0.226 e. The Bertz CT molecular complexity index is 848. The van der Waals surface area contributed by atoms with Crippen molar-refractivity contribution in [1.82, 2.24) is 9.97 Å². The molecule has 1 aromatic heterocycles. The molecule has 2 aliphatic rings. The minimum Gasteiger partial charge on any atom is -0.371 e. The lowest BCUT2D eigenvalue weighted by atomic mass is 10.2. The number of carbonyl (C=O) groups excluding carboxylic acids is 1. The topological polar surface area (TPSA) is 70.2 Å². The van der Waals surface area contributed by atoms with E-state index in [0.717, 1.165) is 37.4 Å². The van der Waals surface area contributed by atoms with Crippen LogP contribution in [0, 0.1) is 0 Å². The van der Waals surface area contributed by atoms with Crippen LogP contribution in [-0.2, 0) is 4.79 Å². The largest absolute Gasteiger partial charge is 0.371 e. The molecule has 2 aromatic rings. The molecule has 1 saturated heterocycles. The van der Waals surface area contributed by atoms with Crippen LogP contribution in [0.25, 0.3) is 0 Å². The number of aromatic nitrogens is 2. The Balaban J connectivity index is 1.33. The molecule has 1 aromatic carbocycles. The summed E-state index contributed by atoms with van der Waals surface area (Å²) >= 11 is 6.11. The molecule has 28 heavy (non-hydrogen) atoms. The maximum absolute atomic E-state index is 12.5. The van der Waals surface area contributed by atoms with Gasteiger partial charge in [0.15, 0.2) is 0 Å². The summed E-state index contributed by atoms with van der Waals surface area (Å²) in [5.41, 5.74) is 2.01. The number of nitrogens with zero attached hydrogens (tertiary/aromatic N) is 3. The highest BCUT2D eigenvalue weighted by Crippen LogP contribution is 2.38. The van der Waals surface area contributed by atoms with Gasteiger partial charge in [-0.2, -0.15) is 0 Å². The van der Waals surface area contributed by atoms with Crippen LogP contribution >= 0.6 is 11.6 Å². The zero-order valence-electron chi connectivity index (χ0n) is 16.1. The number of amides is 1. The maximum atomic E-state index is 12.5. The summed E-state index contributed by atoms with van der Waals surface area (Å²) in [6.07, 6.45) is 5.04. The Labute approximate surface area is 170 Å². The van der Waals surface area contributed by atoms with Gasteiger partial charge in [0.05, 0.1) is 0 Å². The van der Waals surface area contributed by atoms with Gasteiger partial charge in [-0.25, -0.2) is 9.97 Å². The van der Waals surface area contributed by atoms with Crippen molar-refractivity contribution >= 4 is 34.7 Å². The van der Waals surface area contributed by atoms with Gasteiger partial charge in [0.2, 0.25) is 5.91 Å². The van der Waals surface area contributed by atoms with Gasteiger partial charge in [-0.15, -0.1) is 0 Å². The van der Waals surface area contributed by atoms with Crippen LogP contribution in [0.1, 0.15) is 50.8 Å². The van der Waals surface area contributed by atoms with Crippen LogP contribution in [-0.4, -0.2) is 35.0 Å². The number of halogens is 1. The predicted molar refractivity (Wildman–Crippen MR) is 113 cm³/mol. The fraction of sp³-hybridized carbons (Fsp3) is 0.476. The molecule has 2 N–H and O–H groups in total. The number of anilines is 3. The Morgan fingerprint density at radius 2 is 2.04 bits per heavy atom. The fourth-order valence-electron chi connectivity index (χ4n) is 3.58. The normalized spacial score (nSPS) is 17.4. The van der Waals surface area contributed by atoms with E-state index in [4.69, 9.17) is 11.6 Å². The third-order valence-electron chi connectivity index (χ3n) is 5.14. The lowest BCUT2D eigenvalue weighted by Gasteiger charge is -2.19. The van der Waals surface area contributed by atoms with E-state index in [1.807, 2.05) is 25.1 Å². The molecular weight excluding hydrogens is 374 g/mol. The summed E-state index contributed by atoms with van der Waals surface area (Å²) in [6, 6.07) is 9.71. The van der Waals surface area contributed by atoms with Gasteiger partial charge in [-0.05, 0) is 50.8 Å². The van der Waals surface area contributed by atoms with Crippen LogP contribution in [0.15, 0.2) is 30.3 Å². The maximum Gasteiger partial charge on any atom is 0.226 e. The molecule has 2 fully saturated rings. The second-order valence-electron chi connectivity index (χ2n) is 7.75. The van der Waals surface area contributed by atoms with Crippen molar-refractivity contribution in [3.63, 3.8) is 0 Å². The summed E-state index contributed by atoms with van der Waals surface area (Å²) in [5, 5.41) is 6.72. The summed E-state index contributed by atoms with van der Waals surface area (Å²) < 4.78 is 0. The van der Waals surface area contributed by atoms with Gasteiger partial charge in [0, 0.05) is 48.9 Å². The zero-order valence-corrected chi connectivity index (χ0v) is 16.9. The van der Waals surface area contributed by atoms with Gasteiger partial charge in [-0.3, -0.25) is 4.79 Å². The van der Waals surface area contributed by atoms with Crippen molar-refractivity contribution in [3.05, 3.63) is 41.3 Å². The predicted octanol–water partition coefficient (Wildman–Crippen LogP) is 4.44. The first kappa shape index (κ1) is 19.0. The van der Waals surface area contributed by atoms with Crippen molar-refractivity contribution in [1.29, 1.82) is 0 Å². The highest BCUT2D eigenvalue weighted by atomic mass is 35.5. The summed E-state index contributed by atoms with van der Waals surface area (Å²) in [4.78, 5) is 23.7. The van der Waals surface area contributed by atoms with Crippen molar-refractivity contribution in [2.45, 2.75) is 51.0 Å². The monoisotopic (exact) mass is 399 g/mol. The molecule has 1 saturated carbocycles. The molecule has 4 rings (SSSR count). The van der Waals surface area contributed by atoms with Gasteiger partial charge in [0.25, 0.3) is 0 Å². The lowest BCUT2D eigenvalue weighted by molar-refractivity contribution is -0.116. The zero-order chi connectivity index (χ0) is 19.5. The molecule has 1 aliphatic heterocycles. The Hall–Kier alpha value is -2.34. The number of nitrogens with one attached hydrogen (secondary N) is 2. The van der Waals surface area contributed by atoms with Gasteiger partial charge >= 0.3 is 0 Å². The van der Waals surface area contributed by atoms with E-state index in [-0.39, 0.29) is 11.9 Å². The van der Waals surface area contributed by atoms with Crippen LogP contribution in [0.2, 0.25) is 5.15 Å². The SMILES string of the molecule is CC(CC(=O)Nc1cccc(N2CCCC2)c1)Nc1cc(Cl)nc(C2CC2)n1. The number of benzene rings is 1. The van der Waals surface area contributed by atoms with Crippen molar-refractivity contribution in [3.8, 4) is 0 Å². The van der Waals surface area contributed by atoms with Gasteiger partial charge in [0.1, 0.15) is 16.8 Å². The first-order valence-corrected chi connectivity index (χ1v) is 10.4. The van der Waals surface area contributed by atoms with E-state index in [1.165, 1.54) is 18.5 Å². The molecule has 0 bridgehead atoms. The minimum atomic E-state index is -0.0696. The highest BCUT2D eigenvalue weighted by Gasteiger charge is 2.27. The van der Waals surface area contributed by atoms with Crippen LogP contribution < -0.4 is 15.5 Å². The third kappa shape index (κ3) is 4.93. The molecule has 1 aliphatic carbocycles. The molecule has 0 radical (unpaired) electrons. The van der Waals surface area contributed by atoms with Crippen molar-refractivity contribution in [2.24, 2.45) is 0 Å². The Morgan fingerprint density at radius 3 is 2.79 bits per heavy atom. The second-order valence-corrected chi connectivity index (χ2v) is 8.14. The van der Waals surface area contributed by atoms with E-state index in [1.54, 1.807) is 6.07 Å². The molecule has 1 amide bonds. The summed E-state index contributed by atoms with van der Waals surface area (Å²) in [6.45, 7) is 4.14. The van der Waals surface area contributed by atoms with Crippen molar-refractivity contribution < 1.29 is 4.79 Å². The fourth-order valence-corrected chi connectivity index (χ4v) is 3.77. The average molecular weight is 400 g/mol. The number of carbonyl (C=O) groups is 1. The molecule has 6 nitrogen and oxygen atoms in total. The molecule has 2 heterocycles. The van der Waals surface area contributed by atoms with E-state index in [0.29, 0.717) is 23.3 Å². The summed E-state index contributed by atoms with van der Waals surface area (Å²) in [7, 11) is 0. The summed E-state index contributed by atoms with van der Waals surface area (Å²) in [5.74, 6) is 1.88. The molecule has 148 valence electrons. The molecule has 1 unspecified atom stereocenters. The van der Waals surface area contributed by atoms with E-state index < -0.39 is 0 Å². The van der Waals surface area contributed by atoms with E-state index in [9.17, 15) is 4.79 Å². The first-order valence-electron chi connectivity index (χ1n) is 10.0. The van der Waals surface area contributed by atoms with E-state index in [2.05, 4.69) is 31.6 Å². The Morgan fingerprint density at radius 1 is 1.25 bits per heavy atom. The van der Waals surface area contributed by atoms with Crippen molar-refractivity contribution in [2.75, 3.05) is 28.6 Å². The minimum absolute atomic E-state index is 0.0267. The molecule has 7 heteroatoms. The molecule has 1 atom stereocenters. The van der Waals surface area contributed by atoms with Gasteiger partial charge in [-0.1, -0.05) is 17.7 Å². The van der Waals surface area contributed by atoms with Gasteiger partial charge < -0.3 is 15.5 Å². The van der Waals surface area contributed by atoms with E-state index >= 15 is 0 Å². The quantitative estimate of drug-likeness (QED) is 0.673. The van der Waals surface area contributed by atoms with Crippen LogP contribution in [0.5, 0.6) is 0 Å².